The molecule has 0 radical (unpaired) electrons. The third kappa shape index (κ3) is 6.57. The van der Waals surface area contributed by atoms with Gasteiger partial charge in [-0.3, -0.25) is 0 Å². The van der Waals surface area contributed by atoms with E-state index in [1.807, 2.05) is 0 Å². The van der Waals surface area contributed by atoms with Gasteiger partial charge in [0.2, 0.25) is 0 Å². The molecule has 0 amide bonds. The Labute approximate surface area is 349 Å². The third-order valence-corrected chi connectivity index (χ3v) is 73.1. The van der Waals surface area contributed by atoms with Crippen molar-refractivity contribution in [1.29, 1.82) is 0 Å². The topological polar surface area (TPSA) is 0 Å². The summed E-state index contributed by atoms with van der Waals surface area (Å²) in [7, 11) is 0. The van der Waals surface area contributed by atoms with E-state index in [9.17, 15) is 0 Å². The molecule has 0 nitrogen and oxygen atoms in total. The van der Waals surface area contributed by atoms with Crippen LogP contribution in [0.5, 0.6) is 0 Å². The Kier molecular flexibility index (Phi) is 11.5. The molecule has 0 fully saturated rings. The Morgan fingerprint density at radius 3 is 0.362 bits per heavy atom. The number of benzene rings is 9. The second kappa shape index (κ2) is 17.4. The van der Waals surface area contributed by atoms with Gasteiger partial charge in [-0.05, 0) is 0 Å². The number of hydrogen-bond acceptors (Lipinski definition) is 0. The van der Waals surface area contributed by atoms with Crippen LogP contribution in [0.2, 0.25) is 0 Å². The van der Waals surface area contributed by atoms with Gasteiger partial charge in [-0.2, -0.15) is 0 Å². The van der Waals surface area contributed by atoms with Crippen LogP contribution in [0.1, 0.15) is 0 Å². The SMILES string of the molecule is c1ccc([PH](c2ccccc2)(c2ccccc2)[Rh]([PH](c2ccccc2)(c2ccccc2)c2ccccc2)[PH](c2ccccc2)(c2ccccc2)c2ccccc2)cc1. The average molecular weight is 893 g/mol. The Hall–Kier alpha value is -5.11. The Morgan fingerprint density at radius 2 is 0.259 bits per heavy atom. The van der Waals surface area contributed by atoms with Crippen LogP contribution >= 0.6 is 16.8 Å². The molecule has 9 rings (SSSR count). The van der Waals surface area contributed by atoms with Gasteiger partial charge in [0.05, 0.1) is 0 Å². The van der Waals surface area contributed by atoms with Gasteiger partial charge in [-0.25, -0.2) is 0 Å². The van der Waals surface area contributed by atoms with E-state index < -0.39 is 31.3 Å². The van der Waals surface area contributed by atoms with Crippen LogP contribution < -0.4 is 47.7 Å². The van der Waals surface area contributed by atoms with Crippen molar-refractivity contribution in [2.45, 2.75) is 0 Å². The quantitative estimate of drug-likeness (QED) is 0.0848. The number of hydrogen-bond donors (Lipinski definition) is 0. The first-order valence-electron chi connectivity index (χ1n) is 19.9. The van der Waals surface area contributed by atoms with Gasteiger partial charge >= 0.3 is 352 Å². The molecule has 0 aliphatic carbocycles. The second-order valence-corrected chi connectivity index (χ2v) is 47.5. The van der Waals surface area contributed by atoms with E-state index in [1.54, 1.807) is 0 Å². The van der Waals surface area contributed by atoms with Gasteiger partial charge in [0.15, 0.2) is 0 Å². The standard InChI is InChI=1S/3C18H15P.Rh/c3*1-4-10-16(11-5-1)19(17-12-6-2-7-13-17)18-14-8-3-9-15-18;/h3*1-15H;/q;;;-3/p+3. The minimum atomic E-state index is -3.17. The first-order chi connectivity index (χ1) is 28.8. The molecule has 0 spiro atoms. The van der Waals surface area contributed by atoms with Gasteiger partial charge in [0, 0.05) is 0 Å². The normalized spacial score (nSPS) is 12.9. The summed E-state index contributed by atoms with van der Waals surface area (Å²) in [5.41, 5.74) is -9.50. The second-order valence-electron chi connectivity index (χ2n) is 14.4. The van der Waals surface area contributed by atoms with Crippen molar-refractivity contribution in [3.8, 4) is 0 Å². The molecule has 0 aromatic heterocycles. The molecule has 0 bridgehead atoms. The first kappa shape index (κ1) is 38.4. The fourth-order valence-electron chi connectivity index (χ4n) is 8.87. The summed E-state index contributed by atoms with van der Waals surface area (Å²) in [6.07, 6.45) is 0. The van der Waals surface area contributed by atoms with E-state index in [4.69, 9.17) is 0 Å². The van der Waals surface area contributed by atoms with E-state index >= 15 is 0 Å². The maximum atomic E-state index is 2.50. The molecule has 0 saturated heterocycles. The molecule has 0 aliphatic heterocycles. The summed E-state index contributed by atoms with van der Waals surface area (Å²) >= 11 is -2.44. The van der Waals surface area contributed by atoms with Crippen molar-refractivity contribution < 1.29 is 14.5 Å². The maximum absolute atomic E-state index is 3.17. The van der Waals surface area contributed by atoms with Crippen LogP contribution in [0.4, 0.5) is 0 Å². The zero-order valence-electron chi connectivity index (χ0n) is 32.3. The van der Waals surface area contributed by atoms with E-state index in [1.165, 1.54) is 47.7 Å². The van der Waals surface area contributed by atoms with Crippen LogP contribution in [0.15, 0.2) is 273 Å². The Balaban J connectivity index is 1.68. The summed E-state index contributed by atoms with van der Waals surface area (Å²) in [6.45, 7) is 0. The Morgan fingerprint density at radius 1 is 0.155 bits per heavy atom. The zero-order chi connectivity index (χ0) is 39.1. The Bertz CT molecular complexity index is 2040. The summed E-state index contributed by atoms with van der Waals surface area (Å²) in [5, 5.41) is 13.4. The molecule has 4 heteroatoms. The van der Waals surface area contributed by atoms with Gasteiger partial charge in [-0.15, -0.1) is 0 Å². The number of rotatable bonds is 12. The van der Waals surface area contributed by atoms with Gasteiger partial charge < -0.3 is 0 Å². The molecule has 0 atom stereocenters. The summed E-state index contributed by atoms with van der Waals surface area (Å²) in [5.74, 6) is 0. The molecule has 0 saturated carbocycles. The molecule has 0 heterocycles. The monoisotopic (exact) mass is 892 g/mol. The van der Waals surface area contributed by atoms with Gasteiger partial charge in [-0.1, -0.05) is 0 Å². The molecule has 0 N–H and O–H groups in total. The van der Waals surface area contributed by atoms with Crippen LogP contribution in [0.25, 0.3) is 0 Å². The minimum absolute atomic E-state index is 1.49. The van der Waals surface area contributed by atoms with E-state index in [2.05, 4.69) is 273 Å². The van der Waals surface area contributed by atoms with Crippen molar-refractivity contribution in [3.05, 3.63) is 273 Å². The first-order valence-corrected chi connectivity index (χ1v) is 32.8. The third-order valence-electron chi connectivity index (χ3n) is 11.2. The summed E-state index contributed by atoms with van der Waals surface area (Å²) in [4.78, 5) is 0. The van der Waals surface area contributed by atoms with Crippen LogP contribution in [0, 0.1) is 0 Å². The van der Waals surface area contributed by atoms with Crippen molar-refractivity contribution in [3.63, 3.8) is 0 Å². The molecule has 0 aliphatic rings. The molecule has 58 heavy (non-hydrogen) atoms. The predicted molar refractivity (Wildman–Crippen MR) is 260 cm³/mol. The molecule has 9 aromatic carbocycles. The van der Waals surface area contributed by atoms with Crippen molar-refractivity contribution in [2.75, 3.05) is 0 Å². The van der Waals surface area contributed by atoms with Crippen LogP contribution in [-0.4, -0.2) is 0 Å². The van der Waals surface area contributed by atoms with E-state index in [0.717, 1.165) is 0 Å². The van der Waals surface area contributed by atoms with Crippen LogP contribution in [-0.2, 0) is 14.5 Å². The fourth-order valence-corrected chi connectivity index (χ4v) is 99.6. The molecular formula is C54H48P3Rh. The zero-order valence-corrected chi connectivity index (χ0v) is 37.0. The van der Waals surface area contributed by atoms with Gasteiger partial charge in [0.1, 0.15) is 0 Å². The summed E-state index contributed by atoms with van der Waals surface area (Å²) < 4.78 is 0. The van der Waals surface area contributed by atoms with E-state index in [0.29, 0.717) is 0 Å². The molecule has 9 aromatic rings. The van der Waals surface area contributed by atoms with Crippen molar-refractivity contribution in [2.24, 2.45) is 0 Å². The van der Waals surface area contributed by atoms with Crippen LogP contribution in [0.3, 0.4) is 0 Å². The predicted octanol–water partition coefficient (Wildman–Crippen LogP) is 9.53. The molecule has 0 unspecified atom stereocenters. The fraction of sp³-hybridized carbons (Fsp3) is 0. The summed E-state index contributed by atoms with van der Waals surface area (Å²) in [6, 6.07) is 106. The van der Waals surface area contributed by atoms with Crippen molar-refractivity contribution in [1.82, 2.24) is 0 Å². The van der Waals surface area contributed by atoms with Crippen molar-refractivity contribution >= 4 is 64.5 Å². The molecule has 288 valence electrons. The van der Waals surface area contributed by atoms with Gasteiger partial charge in [0.25, 0.3) is 0 Å². The molecular weight excluding hydrogens is 844 g/mol. The van der Waals surface area contributed by atoms with E-state index in [-0.39, 0.29) is 0 Å². The average Bonchev–Trinajstić information content (AvgIpc) is 3.33.